The molecule has 0 aliphatic rings. The van der Waals surface area contributed by atoms with Gasteiger partial charge in [-0.1, -0.05) is 48.2 Å². The van der Waals surface area contributed by atoms with Crippen LogP contribution in [-0.2, 0) is 16.0 Å². The summed E-state index contributed by atoms with van der Waals surface area (Å²) in [5.74, 6) is -3.95. The Bertz CT molecular complexity index is 856. The van der Waals surface area contributed by atoms with Gasteiger partial charge >= 0.3 is 5.97 Å². The standard InChI is InChI=1S/C21H21F2NO4S/c1-14(25)24-12-4-5-15-8-10-16(11-9-15)18(26)13-28-20(27)17-6-2-3-7-19(17)29-21(22)23/h2-3,6-11,21H,4-5,12-13H2,1H3,(H,24,25). The first-order valence-electron chi connectivity index (χ1n) is 8.94. The van der Waals surface area contributed by atoms with Crippen LogP contribution in [0, 0.1) is 0 Å². The number of hydrogen-bond acceptors (Lipinski definition) is 5. The predicted molar refractivity (Wildman–Crippen MR) is 106 cm³/mol. The number of rotatable bonds is 10. The molecule has 5 nitrogen and oxygen atoms in total. The molecule has 0 saturated carbocycles. The number of Topliss-reactive ketones (excluding diaryl/α,β-unsaturated/α-hetero) is 1. The van der Waals surface area contributed by atoms with Crippen molar-refractivity contribution in [1.82, 2.24) is 5.32 Å². The fourth-order valence-corrected chi connectivity index (χ4v) is 3.17. The molecule has 0 bridgehead atoms. The largest absolute Gasteiger partial charge is 0.454 e. The van der Waals surface area contributed by atoms with E-state index in [2.05, 4.69) is 5.32 Å². The van der Waals surface area contributed by atoms with Crippen LogP contribution in [0.2, 0.25) is 0 Å². The van der Waals surface area contributed by atoms with Crippen LogP contribution in [-0.4, -0.2) is 36.6 Å². The fraction of sp³-hybridized carbons (Fsp3) is 0.286. The van der Waals surface area contributed by atoms with Crippen molar-refractivity contribution in [1.29, 1.82) is 0 Å². The summed E-state index contributed by atoms with van der Waals surface area (Å²) >= 11 is 0.253. The number of ketones is 1. The number of carbonyl (C=O) groups excluding carboxylic acids is 3. The van der Waals surface area contributed by atoms with Gasteiger partial charge in [0.15, 0.2) is 12.4 Å². The Hall–Kier alpha value is -2.74. The van der Waals surface area contributed by atoms with Gasteiger partial charge in [0.2, 0.25) is 5.91 Å². The summed E-state index contributed by atoms with van der Waals surface area (Å²) in [5, 5.41) is 2.72. The summed E-state index contributed by atoms with van der Waals surface area (Å²) in [6.07, 6.45) is 1.53. The third-order valence-corrected chi connectivity index (χ3v) is 4.74. The van der Waals surface area contributed by atoms with E-state index >= 15 is 0 Å². The average molecular weight is 421 g/mol. The lowest BCUT2D eigenvalue weighted by Gasteiger charge is -2.09. The molecule has 0 heterocycles. The fourth-order valence-electron chi connectivity index (χ4n) is 2.54. The molecule has 29 heavy (non-hydrogen) atoms. The molecule has 0 spiro atoms. The van der Waals surface area contributed by atoms with Crippen LogP contribution in [0.25, 0.3) is 0 Å². The van der Waals surface area contributed by atoms with Gasteiger partial charge in [0.05, 0.1) is 5.56 Å². The molecule has 0 aromatic heterocycles. The van der Waals surface area contributed by atoms with Gasteiger partial charge in [-0.3, -0.25) is 9.59 Å². The SMILES string of the molecule is CC(=O)NCCCc1ccc(C(=O)COC(=O)c2ccccc2SC(F)F)cc1. The Morgan fingerprint density at radius 1 is 1.07 bits per heavy atom. The topological polar surface area (TPSA) is 72.5 Å². The van der Waals surface area contributed by atoms with E-state index < -0.39 is 18.3 Å². The second-order valence-corrected chi connectivity index (χ2v) is 7.19. The Morgan fingerprint density at radius 2 is 1.76 bits per heavy atom. The zero-order valence-corrected chi connectivity index (χ0v) is 16.6. The van der Waals surface area contributed by atoms with Gasteiger partial charge in [-0.25, -0.2) is 4.79 Å². The van der Waals surface area contributed by atoms with Crippen molar-refractivity contribution >= 4 is 29.4 Å². The van der Waals surface area contributed by atoms with E-state index in [9.17, 15) is 23.2 Å². The highest BCUT2D eigenvalue weighted by atomic mass is 32.2. The predicted octanol–water partition coefficient (Wildman–Crippen LogP) is 4.11. The zero-order valence-electron chi connectivity index (χ0n) is 15.8. The van der Waals surface area contributed by atoms with Crippen molar-refractivity contribution in [3.63, 3.8) is 0 Å². The van der Waals surface area contributed by atoms with E-state index in [4.69, 9.17) is 4.74 Å². The Morgan fingerprint density at radius 3 is 2.41 bits per heavy atom. The second-order valence-electron chi connectivity index (χ2n) is 6.16. The maximum atomic E-state index is 12.6. The van der Waals surface area contributed by atoms with E-state index in [1.807, 2.05) is 0 Å². The number of thioether (sulfide) groups is 1. The van der Waals surface area contributed by atoms with Crippen LogP contribution in [0.1, 0.15) is 39.6 Å². The summed E-state index contributed by atoms with van der Waals surface area (Å²) in [7, 11) is 0. The number of aryl methyl sites for hydroxylation is 1. The molecule has 1 amide bonds. The Balaban J connectivity index is 1.87. The minimum Gasteiger partial charge on any atom is -0.454 e. The molecule has 0 radical (unpaired) electrons. The first-order valence-corrected chi connectivity index (χ1v) is 9.82. The zero-order chi connectivity index (χ0) is 21.2. The molecule has 154 valence electrons. The van der Waals surface area contributed by atoms with Crippen LogP contribution in [0.15, 0.2) is 53.4 Å². The normalized spacial score (nSPS) is 10.6. The molecular formula is C21H21F2NO4S. The molecule has 0 saturated heterocycles. The molecule has 0 unspecified atom stereocenters. The number of halogens is 2. The Labute approximate surface area is 171 Å². The second kappa shape index (κ2) is 11.3. The summed E-state index contributed by atoms with van der Waals surface area (Å²) in [6.45, 7) is 1.56. The van der Waals surface area contributed by atoms with E-state index in [-0.39, 0.29) is 33.9 Å². The van der Waals surface area contributed by atoms with Crippen molar-refractivity contribution in [2.75, 3.05) is 13.2 Å². The summed E-state index contributed by atoms with van der Waals surface area (Å²) < 4.78 is 30.2. The van der Waals surface area contributed by atoms with Gasteiger partial charge in [-0.15, -0.1) is 0 Å². The molecule has 2 aromatic rings. The van der Waals surface area contributed by atoms with Crippen LogP contribution in [0.3, 0.4) is 0 Å². The average Bonchev–Trinajstić information content (AvgIpc) is 2.69. The van der Waals surface area contributed by atoms with E-state index in [1.54, 1.807) is 36.4 Å². The first-order chi connectivity index (χ1) is 13.9. The van der Waals surface area contributed by atoms with Crippen LogP contribution in [0.5, 0.6) is 0 Å². The molecule has 2 aromatic carbocycles. The molecule has 0 aliphatic carbocycles. The number of hydrogen-bond donors (Lipinski definition) is 1. The molecule has 0 fully saturated rings. The lowest BCUT2D eigenvalue weighted by Crippen LogP contribution is -2.21. The number of alkyl halides is 2. The molecule has 1 N–H and O–H groups in total. The maximum Gasteiger partial charge on any atom is 0.339 e. The number of ether oxygens (including phenoxy) is 1. The smallest absolute Gasteiger partial charge is 0.339 e. The van der Waals surface area contributed by atoms with Gasteiger partial charge in [0.25, 0.3) is 5.76 Å². The number of carbonyl (C=O) groups is 3. The van der Waals surface area contributed by atoms with Gasteiger partial charge in [0, 0.05) is 23.9 Å². The van der Waals surface area contributed by atoms with Crippen molar-refractivity contribution in [2.24, 2.45) is 0 Å². The van der Waals surface area contributed by atoms with E-state index in [0.29, 0.717) is 12.1 Å². The van der Waals surface area contributed by atoms with Crippen molar-refractivity contribution in [3.05, 3.63) is 65.2 Å². The van der Waals surface area contributed by atoms with Crippen molar-refractivity contribution in [3.8, 4) is 0 Å². The van der Waals surface area contributed by atoms with Gasteiger partial charge < -0.3 is 10.1 Å². The molecular weight excluding hydrogens is 400 g/mol. The molecule has 8 heteroatoms. The molecule has 0 atom stereocenters. The van der Waals surface area contributed by atoms with Crippen LogP contribution >= 0.6 is 11.8 Å². The van der Waals surface area contributed by atoms with Crippen molar-refractivity contribution in [2.45, 2.75) is 30.4 Å². The number of benzene rings is 2. The third-order valence-electron chi connectivity index (χ3n) is 3.95. The highest BCUT2D eigenvalue weighted by molar-refractivity contribution is 7.99. The number of amides is 1. The number of esters is 1. The van der Waals surface area contributed by atoms with Crippen LogP contribution in [0.4, 0.5) is 8.78 Å². The lowest BCUT2D eigenvalue weighted by atomic mass is 10.1. The molecule has 0 aliphatic heterocycles. The summed E-state index contributed by atoms with van der Waals surface area (Å²) in [6, 6.07) is 12.8. The minimum absolute atomic E-state index is 0.000110. The number of nitrogens with one attached hydrogen (secondary N) is 1. The van der Waals surface area contributed by atoms with E-state index in [1.165, 1.54) is 19.1 Å². The summed E-state index contributed by atoms with van der Waals surface area (Å²) in [4.78, 5) is 35.3. The van der Waals surface area contributed by atoms with E-state index in [0.717, 1.165) is 18.4 Å². The summed E-state index contributed by atoms with van der Waals surface area (Å²) in [5.41, 5.74) is 1.40. The highest BCUT2D eigenvalue weighted by Gasteiger charge is 2.17. The monoisotopic (exact) mass is 421 g/mol. The first kappa shape index (κ1) is 22.5. The lowest BCUT2D eigenvalue weighted by molar-refractivity contribution is -0.118. The third kappa shape index (κ3) is 7.65. The van der Waals surface area contributed by atoms with Gasteiger partial charge in [-0.2, -0.15) is 8.78 Å². The minimum atomic E-state index is -2.66. The van der Waals surface area contributed by atoms with Gasteiger partial charge in [0.1, 0.15) is 0 Å². The van der Waals surface area contributed by atoms with Gasteiger partial charge in [-0.05, 0) is 30.5 Å². The van der Waals surface area contributed by atoms with Crippen molar-refractivity contribution < 1.29 is 27.9 Å². The molecule has 2 rings (SSSR count). The highest BCUT2D eigenvalue weighted by Crippen LogP contribution is 2.28. The Kier molecular flexibility index (Phi) is 8.79. The quantitative estimate of drug-likeness (QED) is 0.271. The maximum absolute atomic E-state index is 12.6. The van der Waals surface area contributed by atoms with Crippen LogP contribution < -0.4 is 5.32 Å².